The van der Waals surface area contributed by atoms with E-state index in [0.29, 0.717) is 6.42 Å². The molecule has 0 radical (unpaired) electrons. The van der Waals surface area contributed by atoms with Crippen molar-refractivity contribution in [2.75, 3.05) is 0 Å². The van der Waals surface area contributed by atoms with E-state index in [1.54, 1.807) is 18.7 Å². The molecule has 14 heavy (non-hydrogen) atoms. The summed E-state index contributed by atoms with van der Waals surface area (Å²) in [6, 6.07) is 10.1. The van der Waals surface area contributed by atoms with Gasteiger partial charge in [-0.05, 0) is 12.5 Å². The average molecular weight is 224 g/mol. The van der Waals surface area contributed by atoms with Crippen LogP contribution in [0.4, 0.5) is 0 Å². The second kappa shape index (κ2) is 5.94. The zero-order valence-electron chi connectivity index (χ0n) is 8.03. The number of Topliss-reactive ketones (excluding diaryl/α,β-unsaturated/α-hetero) is 1. The van der Waals surface area contributed by atoms with Gasteiger partial charge in [-0.1, -0.05) is 42.5 Å². The van der Waals surface area contributed by atoms with Gasteiger partial charge in [0, 0.05) is 12.2 Å². The summed E-state index contributed by atoms with van der Waals surface area (Å²) in [5, 5.41) is 0. The molecule has 0 aliphatic carbocycles. The molecule has 0 bridgehead atoms. The van der Waals surface area contributed by atoms with Crippen LogP contribution in [0.15, 0.2) is 30.3 Å². The number of carbonyl (C=O) groups is 1. The Morgan fingerprint density at radius 1 is 1.36 bits per heavy atom. The Morgan fingerprint density at radius 2 is 2.00 bits per heavy atom. The fourth-order valence-electron chi connectivity index (χ4n) is 0.992. The van der Waals surface area contributed by atoms with Gasteiger partial charge in [0.1, 0.15) is 5.78 Å². The molecule has 1 rings (SSSR count). The second-order valence-electron chi connectivity index (χ2n) is 3.03. The molecule has 0 heterocycles. The Balaban J connectivity index is 2.34. The zero-order chi connectivity index (χ0) is 10.4. The number of hydrogen-bond acceptors (Lipinski definition) is 3. The van der Waals surface area contributed by atoms with Gasteiger partial charge in [0.05, 0.1) is 4.20 Å². The smallest absolute Gasteiger partial charge is 0.135 e. The van der Waals surface area contributed by atoms with Crippen LogP contribution < -0.4 is 0 Å². The number of rotatable bonds is 4. The van der Waals surface area contributed by atoms with E-state index in [-0.39, 0.29) is 5.78 Å². The summed E-state index contributed by atoms with van der Waals surface area (Å²) >= 11 is 6.64. The van der Waals surface area contributed by atoms with E-state index in [9.17, 15) is 4.79 Å². The fraction of sp³-hybridized carbons (Fsp3) is 0.273. The van der Waals surface area contributed by atoms with Gasteiger partial charge in [0.25, 0.3) is 0 Å². The van der Waals surface area contributed by atoms with Gasteiger partial charge in [-0.2, -0.15) is 0 Å². The molecule has 0 saturated heterocycles. The molecular weight excluding hydrogens is 212 g/mol. The van der Waals surface area contributed by atoms with Crippen LogP contribution >= 0.6 is 24.0 Å². The first-order valence-electron chi connectivity index (χ1n) is 4.37. The number of benzene rings is 1. The summed E-state index contributed by atoms with van der Waals surface area (Å²) in [5.74, 6) is 0.989. The average Bonchev–Trinajstić information content (AvgIpc) is 2.15. The van der Waals surface area contributed by atoms with Crippen LogP contribution in [0, 0.1) is 0 Å². The maximum Gasteiger partial charge on any atom is 0.135 e. The van der Waals surface area contributed by atoms with Gasteiger partial charge < -0.3 is 0 Å². The molecule has 74 valence electrons. The summed E-state index contributed by atoms with van der Waals surface area (Å²) in [4.78, 5) is 10.8. The predicted molar refractivity (Wildman–Crippen MR) is 65.6 cm³/mol. The van der Waals surface area contributed by atoms with Crippen molar-refractivity contribution in [1.29, 1.82) is 0 Å². The molecule has 0 unspecified atom stereocenters. The number of thiocarbonyl (C=S) groups is 1. The molecule has 0 saturated carbocycles. The van der Waals surface area contributed by atoms with Crippen molar-refractivity contribution >= 4 is 34.0 Å². The Bertz CT molecular complexity index is 319. The van der Waals surface area contributed by atoms with Gasteiger partial charge in [-0.3, -0.25) is 4.79 Å². The van der Waals surface area contributed by atoms with Crippen molar-refractivity contribution in [3.63, 3.8) is 0 Å². The highest BCUT2D eigenvalue weighted by Gasteiger charge is 2.01. The molecule has 1 aromatic carbocycles. The van der Waals surface area contributed by atoms with Gasteiger partial charge in [0.2, 0.25) is 0 Å². The van der Waals surface area contributed by atoms with Gasteiger partial charge in [-0.15, -0.1) is 11.8 Å². The Labute approximate surface area is 93.9 Å². The Hall–Kier alpha value is -0.670. The molecule has 0 N–H and O–H groups in total. The lowest BCUT2D eigenvalue weighted by molar-refractivity contribution is -0.115. The van der Waals surface area contributed by atoms with Crippen LogP contribution in [0.5, 0.6) is 0 Å². The summed E-state index contributed by atoms with van der Waals surface area (Å²) < 4.78 is 0.779. The first kappa shape index (κ1) is 11.4. The standard InChI is InChI=1S/C11H12OS2/c1-9(12)7-11(13)14-8-10-5-3-2-4-6-10/h2-6H,7-8H2,1H3. The quantitative estimate of drug-likeness (QED) is 0.731. The van der Waals surface area contributed by atoms with Crippen LogP contribution in [0.2, 0.25) is 0 Å². The van der Waals surface area contributed by atoms with E-state index in [2.05, 4.69) is 12.1 Å². The SMILES string of the molecule is CC(=O)CC(=S)SCc1ccccc1. The molecular formula is C11H12OS2. The topological polar surface area (TPSA) is 17.1 Å². The van der Waals surface area contributed by atoms with E-state index >= 15 is 0 Å². The molecule has 0 amide bonds. The second-order valence-corrected chi connectivity index (χ2v) is 4.85. The summed E-state index contributed by atoms with van der Waals surface area (Å²) in [6.45, 7) is 1.56. The molecule has 0 atom stereocenters. The third kappa shape index (κ3) is 4.53. The summed E-state index contributed by atoms with van der Waals surface area (Å²) in [7, 11) is 0. The highest BCUT2D eigenvalue weighted by atomic mass is 32.2. The minimum atomic E-state index is 0.135. The lowest BCUT2D eigenvalue weighted by Crippen LogP contribution is -1.97. The summed E-state index contributed by atoms with van der Waals surface area (Å²) in [5.41, 5.74) is 1.24. The van der Waals surface area contributed by atoms with E-state index < -0.39 is 0 Å². The van der Waals surface area contributed by atoms with Crippen molar-refractivity contribution in [2.45, 2.75) is 19.1 Å². The van der Waals surface area contributed by atoms with Crippen LogP contribution in [0.25, 0.3) is 0 Å². The highest BCUT2D eigenvalue weighted by molar-refractivity contribution is 8.22. The molecule has 1 nitrogen and oxygen atoms in total. The molecule has 0 spiro atoms. The number of carbonyl (C=O) groups excluding carboxylic acids is 1. The Kier molecular flexibility index (Phi) is 4.84. The number of thioether (sulfide) groups is 1. The fourth-order valence-corrected chi connectivity index (χ4v) is 2.20. The lowest BCUT2D eigenvalue weighted by atomic mass is 10.2. The largest absolute Gasteiger partial charge is 0.300 e. The Morgan fingerprint density at radius 3 is 2.57 bits per heavy atom. The van der Waals surface area contributed by atoms with Crippen molar-refractivity contribution in [1.82, 2.24) is 0 Å². The molecule has 0 fully saturated rings. The lowest BCUT2D eigenvalue weighted by Gasteiger charge is -2.01. The van der Waals surface area contributed by atoms with Crippen LogP contribution in [0.3, 0.4) is 0 Å². The molecule has 0 aromatic heterocycles. The van der Waals surface area contributed by atoms with E-state index in [4.69, 9.17) is 12.2 Å². The molecule has 0 aliphatic rings. The molecule has 1 aromatic rings. The number of ketones is 1. The minimum Gasteiger partial charge on any atom is -0.300 e. The highest BCUT2D eigenvalue weighted by Crippen LogP contribution is 2.15. The van der Waals surface area contributed by atoms with E-state index in [0.717, 1.165) is 9.95 Å². The van der Waals surface area contributed by atoms with Gasteiger partial charge >= 0.3 is 0 Å². The van der Waals surface area contributed by atoms with Crippen LogP contribution in [-0.4, -0.2) is 9.98 Å². The first-order valence-corrected chi connectivity index (χ1v) is 5.77. The zero-order valence-corrected chi connectivity index (χ0v) is 9.66. The minimum absolute atomic E-state index is 0.135. The van der Waals surface area contributed by atoms with Crippen molar-refractivity contribution < 1.29 is 4.79 Å². The van der Waals surface area contributed by atoms with Crippen LogP contribution in [0.1, 0.15) is 18.9 Å². The van der Waals surface area contributed by atoms with Crippen molar-refractivity contribution in [3.05, 3.63) is 35.9 Å². The number of hydrogen-bond donors (Lipinski definition) is 0. The first-order chi connectivity index (χ1) is 6.68. The maximum atomic E-state index is 10.8. The van der Waals surface area contributed by atoms with E-state index in [1.807, 2.05) is 18.2 Å². The predicted octanol–water partition coefficient (Wildman–Crippen LogP) is 3.23. The summed E-state index contributed by atoms with van der Waals surface area (Å²) in [6.07, 6.45) is 0.410. The van der Waals surface area contributed by atoms with Crippen molar-refractivity contribution in [3.8, 4) is 0 Å². The monoisotopic (exact) mass is 224 g/mol. The van der Waals surface area contributed by atoms with Gasteiger partial charge in [0.15, 0.2) is 0 Å². The maximum absolute atomic E-state index is 10.8. The third-order valence-electron chi connectivity index (χ3n) is 1.64. The van der Waals surface area contributed by atoms with Gasteiger partial charge in [-0.25, -0.2) is 0 Å². The van der Waals surface area contributed by atoms with E-state index in [1.165, 1.54) is 5.56 Å². The van der Waals surface area contributed by atoms with Crippen molar-refractivity contribution in [2.24, 2.45) is 0 Å². The van der Waals surface area contributed by atoms with Crippen LogP contribution in [-0.2, 0) is 10.5 Å². The molecule has 0 aliphatic heterocycles. The normalized spacial score (nSPS) is 9.79. The third-order valence-corrected chi connectivity index (χ3v) is 3.08. The molecule has 3 heteroatoms.